The van der Waals surface area contributed by atoms with Gasteiger partial charge in [-0.15, -0.1) is 0 Å². The van der Waals surface area contributed by atoms with Gasteiger partial charge in [-0.2, -0.15) is 0 Å². The Labute approximate surface area is 116 Å². The Balaban J connectivity index is 1.88. The lowest BCUT2D eigenvalue weighted by molar-refractivity contribution is 0.272. The van der Waals surface area contributed by atoms with Gasteiger partial charge in [-0.05, 0) is 43.7 Å². The van der Waals surface area contributed by atoms with Crippen LogP contribution < -0.4 is 5.32 Å². The van der Waals surface area contributed by atoms with Crippen molar-refractivity contribution in [3.8, 4) is 0 Å². The summed E-state index contributed by atoms with van der Waals surface area (Å²) in [6.07, 6.45) is 6.28. The van der Waals surface area contributed by atoms with Gasteiger partial charge in [0.1, 0.15) is 5.82 Å². The first-order chi connectivity index (χ1) is 9.20. The summed E-state index contributed by atoms with van der Waals surface area (Å²) in [5.74, 6) is 1.58. The van der Waals surface area contributed by atoms with E-state index in [1.807, 2.05) is 12.1 Å². The first-order valence-corrected chi connectivity index (χ1v) is 7.68. The van der Waals surface area contributed by atoms with Gasteiger partial charge >= 0.3 is 0 Å². The van der Waals surface area contributed by atoms with Crippen LogP contribution in [0.25, 0.3) is 0 Å². The summed E-state index contributed by atoms with van der Waals surface area (Å²) >= 11 is 0. The molecule has 0 bridgehead atoms. The summed E-state index contributed by atoms with van der Waals surface area (Å²) in [6.45, 7) is 5.49. The van der Waals surface area contributed by atoms with Crippen LogP contribution in [0.4, 0.5) is 4.39 Å². The Kier molecular flexibility index (Phi) is 5.38. The molecule has 1 aliphatic carbocycles. The third-order valence-corrected chi connectivity index (χ3v) is 4.48. The summed E-state index contributed by atoms with van der Waals surface area (Å²) in [6, 6.07) is 7.29. The normalized spacial score (nSPS) is 25.2. The maximum absolute atomic E-state index is 13.8. The molecule has 1 atom stereocenters. The topological polar surface area (TPSA) is 12.0 Å². The standard InChI is InChI=1S/C17H26FN/c1-3-17(15-6-4-5-7-16(15)18)19-12-14-10-8-13(2)9-11-14/h4-7,13-14,17,19H,3,8-12H2,1-2H3. The van der Waals surface area contributed by atoms with Crippen LogP contribution >= 0.6 is 0 Å². The molecule has 1 aromatic rings. The summed E-state index contributed by atoms with van der Waals surface area (Å²) in [4.78, 5) is 0. The highest BCUT2D eigenvalue weighted by Crippen LogP contribution is 2.28. The van der Waals surface area contributed by atoms with E-state index in [0.717, 1.165) is 30.4 Å². The summed E-state index contributed by atoms with van der Waals surface area (Å²) in [7, 11) is 0. The quantitative estimate of drug-likeness (QED) is 0.812. The number of rotatable bonds is 5. The first kappa shape index (κ1) is 14.5. The van der Waals surface area contributed by atoms with E-state index in [1.54, 1.807) is 12.1 Å². The number of halogens is 1. The lowest BCUT2D eigenvalue weighted by Crippen LogP contribution is -2.29. The molecule has 1 fully saturated rings. The Morgan fingerprint density at radius 1 is 1.21 bits per heavy atom. The van der Waals surface area contributed by atoms with E-state index in [1.165, 1.54) is 25.7 Å². The monoisotopic (exact) mass is 263 g/mol. The number of hydrogen-bond donors (Lipinski definition) is 1. The minimum Gasteiger partial charge on any atom is -0.310 e. The molecule has 2 heteroatoms. The zero-order valence-corrected chi connectivity index (χ0v) is 12.2. The Morgan fingerprint density at radius 2 is 1.89 bits per heavy atom. The Hall–Kier alpha value is -0.890. The molecule has 1 N–H and O–H groups in total. The van der Waals surface area contributed by atoms with Crippen molar-refractivity contribution in [1.82, 2.24) is 5.32 Å². The zero-order valence-electron chi connectivity index (χ0n) is 12.2. The summed E-state index contributed by atoms with van der Waals surface area (Å²) in [5, 5.41) is 3.57. The molecule has 106 valence electrons. The third kappa shape index (κ3) is 4.04. The highest BCUT2D eigenvalue weighted by atomic mass is 19.1. The van der Waals surface area contributed by atoms with E-state index in [2.05, 4.69) is 19.2 Å². The molecule has 0 radical (unpaired) electrons. The largest absolute Gasteiger partial charge is 0.310 e. The van der Waals surface area contributed by atoms with Gasteiger partial charge in [-0.3, -0.25) is 0 Å². The van der Waals surface area contributed by atoms with Crippen molar-refractivity contribution in [3.05, 3.63) is 35.6 Å². The predicted octanol–water partition coefficient (Wildman–Crippen LogP) is 4.69. The van der Waals surface area contributed by atoms with Gasteiger partial charge in [0.05, 0.1) is 0 Å². The highest BCUT2D eigenvalue weighted by molar-refractivity contribution is 5.21. The maximum Gasteiger partial charge on any atom is 0.127 e. The van der Waals surface area contributed by atoms with Crippen LogP contribution in [-0.2, 0) is 0 Å². The van der Waals surface area contributed by atoms with Crippen molar-refractivity contribution in [1.29, 1.82) is 0 Å². The van der Waals surface area contributed by atoms with Crippen molar-refractivity contribution in [2.45, 2.75) is 52.0 Å². The second-order valence-electron chi connectivity index (χ2n) is 6.02. The van der Waals surface area contributed by atoms with Gasteiger partial charge in [0, 0.05) is 11.6 Å². The van der Waals surface area contributed by atoms with E-state index >= 15 is 0 Å². The smallest absolute Gasteiger partial charge is 0.127 e. The SMILES string of the molecule is CCC(NCC1CCC(C)CC1)c1ccccc1F. The average molecular weight is 263 g/mol. The van der Waals surface area contributed by atoms with E-state index < -0.39 is 0 Å². The highest BCUT2D eigenvalue weighted by Gasteiger charge is 2.20. The maximum atomic E-state index is 13.8. The Morgan fingerprint density at radius 3 is 2.53 bits per heavy atom. The first-order valence-electron chi connectivity index (χ1n) is 7.68. The van der Waals surface area contributed by atoms with Crippen LogP contribution in [-0.4, -0.2) is 6.54 Å². The minimum atomic E-state index is -0.0842. The molecule has 0 aliphatic heterocycles. The molecule has 1 aromatic carbocycles. The fourth-order valence-electron chi connectivity index (χ4n) is 3.07. The molecule has 1 nitrogen and oxygen atoms in total. The van der Waals surface area contributed by atoms with Gasteiger partial charge in [0.15, 0.2) is 0 Å². The third-order valence-electron chi connectivity index (χ3n) is 4.48. The molecule has 1 unspecified atom stereocenters. The van der Waals surface area contributed by atoms with Gasteiger partial charge in [0.2, 0.25) is 0 Å². The molecule has 1 aliphatic rings. The summed E-state index contributed by atoms with van der Waals surface area (Å²) in [5.41, 5.74) is 0.814. The lowest BCUT2D eigenvalue weighted by atomic mass is 9.83. The van der Waals surface area contributed by atoms with Crippen LogP contribution in [0.1, 0.15) is 57.6 Å². The predicted molar refractivity (Wildman–Crippen MR) is 78.6 cm³/mol. The molecule has 1 saturated carbocycles. The van der Waals surface area contributed by atoms with Crippen molar-refractivity contribution >= 4 is 0 Å². The van der Waals surface area contributed by atoms with Crippen molar-refractivity contribution < 1.29 is 4.39 Å². The molecule has 0 aromatic heterocycles. The number of hydrogen-bond acceptors (Lipinski definition) is 1. The van der Waals surface area contributed by atoms with Gasteiger partial charge in [0.25, 0.3) is 0 Å². The minimum absolute atomic E-state index is 0.0842. The average Bonchev–Trinajstić information content (AvgIpc) is 2.43. The fraction of sp³-hybridized carbons (Fsp3) is 0.647. The second kappa shape index (κ2) is 7.04. The van der Waals surface area contributed by atoms with Crippen LogP contribution in [0, 0.1) is 17.7 Å². The van der Waals surface area contributed by atoms with Crippen molar-refractivity contribution in [2.75, 3.05) is 6.54 Å². The van der Waals surface area contributed by atoms with Crippen LogP contribution in [0.15, 0.2) is 24.3 Å². The molecular weight excluding hydrogens is 237 g/mol. The molecule has 0 heterocycles. The number of nitrogens with one attached hydrogen (secondary N) is 1. The van der Waals surface area contributed by atoms with Gasteiger partial charge < -0.3 is 5.32 Å². The van der Waals surface area contributed by atoms with Crippen LogP contribution in [0.3, 0.4) is 0 Å². The second-order valence-corrected chi connectivity index (χ2v) is 6.02. The molecule has 2 rings (SSSR count). The lowest BCUT2D eigenvalue weighted by Gasteiger charge is -2.28. The molecule has 19 heavy (non-hydrogen) atoms. The van der Waals surface area contributed by atoms with E-state index in [0.29, 0.717) is 0 Å². The van der Waals surface area contributed by atoms with E-state index in [9.17, 15) is 4.39 Å². The Bertz CT molecular complexity index is 383. The van der Waals surface area contributed by atoms with Crippen LogP contribution in [0.5, 0.6) is 0 Å². The van der Waals surface area contributed by atoms with Gasteiger partial charge in [-0.25, -0.2) is 4.39 Å². The van der Waals surface area contributed by atoms with E-state index in [-0.39, 0.29) is 11.9 Å². The molecular formula is C17H26FN. The fourth-order valence-corrected chi connectivity index (χ4v) is 3.07. The zero-order chi connectivity index (χ0) is 13.7. The summed E-state index contributed by atoms with van der Waals surface area (Å²) < 4.78 is 13.8. The molecule has 0 spiro atoms. The van der Waals surface area contributed by atoms with Crippen molar-refractivity contribution in [2.24, 2.45) is 11.8 Å². The van der Waals surface area contributed by atoms with Crippen LogP contribution in [0.2, 0.25) is 0 Å². The molecule has 0 saturated heterocycles. The van der Waals surface area contributed by atoms with Gasteiger partial charge in [-0.1, -0.05) is 44.9 Å². The van der Waals surface area contributed by atoms with Crippen molar-refractivity contribution in [3.63, 3.8) is 0 Å². The van der Waals surface area contributed by atoms with E-state index in [4.69, 9.17) is 0 Å². The number of benzene rings is 1. The molecule has 0 amide bonds.